The SMILES string of the molecule is C/C(=C/C(=O)Nc1ccc(-n2cncn2)nc1)CCc1ccccc1. The van der Waals surface area contributed by atoms with Crippen LogP contribution in [0.5, 0.6) is 0 Å². The van der Waals surface area contributed by atoms with E-state index in [1.54, 1.807) is 35.4 Å². The summed E-state index contributed by atoms with van der Waals surface area (Å²) in [5.74, 6) is 0.492. The van der Waals surface area contributed by atoms with Crippen molar-refractivity contribution in [3.05, 3.63) is 78.5 Å². The van der Waals surface area contributed by atoms with E-state index >= 15 is 0 Å². The van der Waals surface area contributed by atoms with Gasteiger partial charge in [0.1, 0.15) is 12.7 Å². The van der Waals surface area contributed by atoms with Crippen molar-refractivity contribution in [3.8, 4) is 5.82 Å². The van der Waals surface area contributed by atoms with Crippen molar-refractivity contribution in [2.45, 2.75) is 19.8 Å². The lowest BCUT2D eigenvalue weighted by atomic mass is 10.1. The third-order valence-corrected chi connectivity index (χ3v) is 3.70. The van der Waals surface area contributed by atoms with E-state index in [1.807, 2.05) is 25.1 Å². The second-order valence-electron chi connectivity index (χ2n) is 5.71. The van der Waals surface area contributed by atoms with Gasteiger partial charge in [-0.3, -0.25) is 4.79 Å². The van der Waals surface area contributed by atoms with Gasteiger partial charge in [0.15, 0.2) is 5.82 Å². The van der Waals surface area contributed by atoms with E-state index in [0.29, 0.717) is 11.5 Å². The summed E-state index contributed by atoms with van der Waals surface area (Å²) in [5.41, 5.74) is 2.94. The number of aryl methyl sites for hydroxylation is 1. The largest absolute Gasteiger partial charge is 0.321 e. The minimum Gasteiger partial charge on any atom is -0.321 e. The Morgan fingerprint density at radius 1 is 1.20 bits per heavy atom. The Morgan fingerprint density at radius 2 is 2.04 bits per heavy atom. The molecule has 0 saturated heterocycles. The van der Waals surface area contributed by atoms with Gasteiger partial charge in [0.2, 0.25) is 5.91 Å². The van der Waals surface area contributed by atoms with Gasteiger partial charge in [-0.25, -0.2) is 14.6 Å². The molecule has 2 heterocycles. The highest BCUT2D eigenvalue weighted by molar-refractivity contribution is 5.99. The van der Waals surface area contributed by atoms with Crippen LogP contribution in [-0.4, -0.2) is 25.7 Å². The van der Waals surface area contributed by atoms with Crippen molar-refractivity contribution >= 4 is 11.6 Å². The number of nitrogens with zero attached hydrogens (tertiary/aromatic N) is 4. The Morgan fingerprint density at radius 3 is 2.72 bits per heavy atom. The van der Waals surface area contributed by atoms with Gasteiger partial charge in [0.05, 0.1) is 11.9 Å². The Hall–Kier alpha value is -3.28. The predicted octanol–water partition coefficient (Wildman–Crippen LogP) is 3.18. The van der Waals surface area contributed by atoms with Crippen LogP contribution in [-0.2, 0) is 11.2 Å². The third-order valence-electron chi connectivity index (χ3n) is 3.70. The highest BCUT2D eigenvalue weighted by Crippen LogP contribution is 2.11. The standard InChI is InChI=1S/C19H19N5O/c1-15(7-8-16-5-3-2-4-6-16)11-19(25)23-17-9-10-18(21-12-17)24-14-20-13-22-24/h2-6,9-14H,7-8H2,1H3,(H,23,25)/b15-11-. The average molecular weight is 333 g/mol. The zero-order valence-electron chi connectivity index (χ0n) is 14.0. The van der Waals surface area contributed by atoms with Crippen LogP contribution in [0.3, 0.4) is 0 Å². The first-order valence-electron chi connectivity index (χ1n) is 8.04. The molecule has 0 aliphatic rings. The van der Waals surface area contributed by atoms with Crippen LogP contribution < -0.4 is 5.32 Å². The summed E-state index contributed by atoms with van der Waals surface area (Å²) in [7, 11) is 0. The Labute approximate surface area is 146 Å². The average Bonchev–Trinajstić information content (AvgIpc) is 3.16. The van der Waals surface area contributed by atoms with Crippen LogP contribution >= 0.6 is 0 Å². The molecule has 0 aliphatic heterocycles. The number of amides is 1. The number of aromatic nitrogens is 4. The molecule has 0 bridgehead atoms. The summed E-state index contributed by atoms with van der Waals surface area (Å²) in [6.07, 6.45) is 8.02. The Bertz CT molecular complexity index is 839. The molecule has 1 N–H and O–H groups in total. The molecule has 0 atom stereocenters. The summed E-state index contributed by atoms with van der Waals surface area (Å²) in [4.78, 5) is 20.2. The summed E-state index contributed by atoms with van der Waals surface area (Å²) < 4.78 is 1.55. The van der Waals surface area contributed by atoms with Gasteiger partial charge < -0.3 is 5.32 Å². The molecule has 0 aliphatic carbocycles. The van der Waals surface area contributed by atoms with Gasteiger partial charge in [0, 0.05) is 6.08 Å². The van der Waals surface area contributed by atoms with Crippen molar-refractivity contribution in [1.29, 1.82) is 0 Å². The smallest absolute Gasteiger partial charge is 0.248 e. The van der Waals surface area contributed by atoms with Crippen LogP contribution in [0.4, 0.5) is 5.69 Å². The molecule has 6 heteroatoms. The number of pyridine rings is 1. The van der Waals surface area contributed by atoms with E-state index in [2.05, 4.69) is 32.5 Å². The van der Waals surface area contributed by atoms with Gasteiger partial charge in [-0.1, -0.05) is 35.9 Å². The van der Waals surface area contributed by atoms with E-state index in [1.165, 1.54) is 11.9 Å². The molecule has 1 aromatic carbocycles. The summed E-state index contributed by atoms with van der Waals surface area (Å²) >= 11 is 0. The molecule has 25 heavy (non-hydrogen) atoms. The molecule has 0 unspecified atom stereocenters. The van der Waals surface area contributed by atoms with E-state index in [4.69, 9.17) is 0 Å². The second kappa shape index (κ2) is 8.01. The number of rotatable bonds is 6. The lowest BCUT2D eigenvalue weighted by Crippen LogP contribution is -2.09. The topological polar surface area (TPSA) is 72.7 Å². The van der Waals surface area contributed by atoms with Crippen LogP contribution in [0.1, 0.15) is 18.9 Å². The predicted molar refractivity (Wildman–Crippen MR) is 96.3 cm³/mol. The first kappa shape index (κ1) is 16.6. The number of hydrogen-bond donors (Lipinski definition) is 1. The van der Waals surface area contributed by atoms with Crippen LogP contribution in [0, 0.1) is 0 Å². The molecule has 6 nitrogen and oxygen atoms in total. The molecule has 3 rings (SSSR count). The first-order chi connectivity index (χ1) is 12.2. The molecule has 126 valence electrons. The van der Waals surface area contributed by atoms with Crippen LogP contribution in [0.15, 0.2) is 73.0 Å². The van der Waals surface area contributed by atoms with Crippen molar-refractivity contribution in [1.82, 2.24) is 19.7 Å². The van der Waals surface area contributed by atoms with E-state index in [0.717, 1.165) is 18.4 Å². The molecule has 0 fully saturated rings. The number of hydrogen-bond acceptors (Lipinski definition) is 4. The summed E-state index contributed by atoms with van der Waals surface area (Å²) in [6, 6.07) is 13.8. The van der Waals surface area contributed by atoms with Crippen molar-refractivity contribution in [2.75, 3.05) is 5.32 Å². The minimum atomic E-state index is -0.152. The highest BCUT2D eigenvalue weighted by Gasteiger charge is 2.03. The van der Waals surface area contributed by atoms with Crippen molar-refractivity contribution in [3.63, 3.8) is 0 Å². The molecule has 0 spiro atoms. The Kier molecular flexibility index (Phi) is 5.31. The fourth-order valence-electron chi connectivity index (χ4n) is 2.38. The highest BCUT2D eigenvalue weighted by atomic mass is 16.1. The quantitative estimate of drug-likeness (QED) is 0.703. The first-order valence-corrected chi connectivity index (χ1v) is 8.04. The maximum Gasteiger partial charge on any atom is 0.248 e. The van der Waals surface area contributed by atoms with Gasteiger partial charge in [-0.05, 0) is 37.5 Å². The fraction of sp³-hybridized carbons (Fsp3) is 0.158. The van der Waals surface area contributed by atoms with Crippen LogP contribution in [0.25, 0.3) is 5.82 Å². The number of allylic oxidation sites excluding steroid dienone is 1. The second-order valence-corrected chi connectivity index (χ2v) is 5.71. The zero-order chi connectivity index (χ0) is 17.5. The zero-order valence-corrected chi connectivity index (χ0v) is 14.0. The van der Waals surface area contributed by atoms with Gasteiger partial charge in [0.25, 0.3) is 0 Å². The maximum absolute atomic E-state index is 12.1. The summed E-state index contributed by atoms with van der Waals surface area (Å²) in [5, 5.41) is 6.83. The fourth-order valence-corrected chi connectivity index (χ4v) is 2.38. The minimum absolute atomic E-state index is 0.152. The number of carbonyl (C=O) groups is 1. The number of carbonyl (C=O) groups excluding carboxylic acids is 1. The normalized spacial score (nSPS) is 11.3. The monoisotopic (exact) mass is 333 g/mol. The third kappa shape index (κ3) is 4.84. The molecule has 0 saturated carbocycles. The lowest BCUT2D eigenvalue weighted by Gasteiger charge is -2.05. The van der Waals surface area contributed by atoms with E-state index in [-0.39, 0.29) is 5.91 Å². The molecule has 1 amide bonds. The number of benzene rings is 1. The van der Waals surface area contributed by atoms with E-state index < -0.39 is 0 Å². The van der Waals surface area contributed by atoms with E-state index in [9.17, 15) is 4.79 Å². The Balaban J connectivity index is 1.54. The maximum atomic E-state index is 12.1. The lowest BCUT2D eigenvalue weighted by molar-refractivity contribution is -0.112. The molecule has 2 aromatic heterocycles. The van der Waals surface area contributed by atoms with Gasteiger partial charge >= 0.3 is 0 Å². The number of nitrogens with one attached hydrogen (secondary N) is 1. The van der Waals surface area contributed by atoms with Crippen LogP contribution in [0.2, 0.25) is 0 Å². The van der Waals surface area contributed by atoms with Crippen molar-refractivity contribution < 1.29 is 4.79 Å². The van der Waals surface area contributed by atoms with Crippen molar-refractivity contribution in [2.24, 2.45) is 0 Å². The molecular weight excluding hydrogens is 314 g/mol. The molecular formula is C19H19N5O. The molecule has 3 aromatic rings. The van der Waals surface area contributed by atoms with Gasteiger partial charge in [-0.2, -0.15) is 5.10 Å². The summed E-state index contributed by atoms with van der Waals surface area (Å²) in [6.45, 7) is 1.97. The number of anilines is 1. The van der Waals surface area contributed by atoms with Gasteiger partial charge in [-0.15, -0.1) is 0 Å². The molecule has 0 radical (unpaired) electrons.